The van der Waals surface area contributed by atoms with E-state index in [1.807, 2.05) is 4.90 Å². The van der Waals surface area contributed by atoms with E-state index in [9.17, 15) is 9.59 Å². The van der Waals surface area contributed by atoms with Gasteiger partial charge in [0, 0.05) is 12.6 Å². The van der Waals surface area contributed by atoms with Crippen LogP contribution in [0.25, 0.3) is 0 Å². The van der Waals surface area contributed by atoms with Crippen molar-refractivity contribution in [2.45, 2.75) is 31.7 Å². The maximum Gasteiger partial charge on any atom is 0.304 e. The highest BCUT2D eigenvalue weighted by Crippen LogP contribution is 2.26. The van der Waals surface area contributed by atoms with Crippen LogP contribution in [0.1, 0.15) is 25.7 Å². The minimum Gasteiger partial charge on any atom is -0.481 e. The van der Waals surface area contributed by atoms with Crippen molar-refractivity contribution < 1.29 is 14.7 Å². The van der Waals surface area contributed by atoms with Crippen molar-refractivity contribution in [3.05, 3.63) is 0 Å². The molecule has 0 aliphatic carbocycles. The molecular formula is C11H18N2O3. The fraction of sp³-hybridized carbons (Fsp3) is 0.818. The van der Waals surface area contributed by atoms with Crippen molar-refractivity contribution >= 4 is 11.9 Å². The maximum absolute atomic E-state index is 12.0. The molecule has 2 fully saturated rings. The third kappa shape index (κ3) is 2.35. The number of carboxylic acids is 1. The highest BCUT2D eigenvalue weighted by Gasteiger charge is 2.36. The first kappa shape index (κ1) is 11.4. The molecule has 0 aromatic carbocycles. The number of carbonyl (C=O) groups excluding carboxylic acids is 1. The third-order valence-corrected chi connectivity index (χ3v) is 3.52. The molecule has 1 atom stereocenters. The summed E-state index contributed by atoms with van der Waals surface area (Å²) in [5.74, 6) is -1.10. The maximum atomic E-state index is 12.0. The van der Waals surface area contributed by atoms with Crippen molar-refractivity contribution in [3.8, 4) is 0 Å². The van der Waals surface area contributed by atoms with Crippen molar-refractivity contribution in [1.29, 1.82) is 0 Å². The zero-order valence-electron chi connectivity index (χ0n) is 9.32. The molecule has 2 N–H and O–H groups in total. The average molecular weight is 226 g/mol. The molecular weight excluding hydrogens is 208 g/mol. The number of hydrogen-bond donors (Lipinski definition) is 2. The molecule has 0 spiro atoms. The fourth-order valence-corrected chi connectivity index (χ4v) is 2.64. The molecule has 1 amide bonds. The van der Waals surface area contributed by atoms with Gasteiger partial charge in [0.05, 0.1) is 12.3 Å². The van der Waals surface area contributed by atoms with E-state index in [2.05, 4.69) is 5.32 Å². The van der Waals surface area contributed by atoms with Gasteiger partial charge in [-0.1, -0.05) is 0 Å². The van der Waals surface area contributed by atoms with Crippen LogP contribution >= 0.6 is 0 Å². The lowest BCUT2D eigenvalue weighted by atomic mass is 10.0. The normalized spacial score (nSPS) is 27.4. The van der Waals surface area contributed by atoms with E-state index in [0.29, 0.717) is 12.5 Å². The Kier molecular flexibility index (Phi) is 3.43. The van der Waals surface area contributed by atoms with Crippen LogP contribution < -0.4 is 5.32 Å². The smallest absolute Gasteiger partial charge is 0.304 e. The molecule has 5 nitrogen and oxygen atoms in total. The highest BCUT2D eigenvalue weighted by atomic mass is 16.4. The number of hydrogen-bond acceptors (Lipinski definition) is 3. The number of likely N-dealkylation sites (tertiary alicyclic amines) is 1. The van der Waals surface area contributed by atoms with E-state index in [1.165, 1.54) is 0 Å². The Labute approximate surface area is 94.8 Å². The van der Waals surface area contributed by atoms with Crippen LogP contribution in [0.2, 0.25) is 0 Å². The third-order valence-electron chi connectivity index (χ3n) is 3.52. The van der Waals surface area contributed by atoms with Gasteiger partial charge in [0.2, 0.25) is 5.91 Å². The molecule has 0 aromatic heterocycles. The fourth-order valence-electron chi connectivity index (χ4n) is 2.64. The summed E-state index contributed by atoms with van der Waals surface area (Å²) < 4.78 is 0. The monoisotopic (exact) mass is 226 g/mol. The van der Waals surface area contributed by atoms with Gasteiger partial charge in [0.25, 0.3) is 0 Å². The molecule has 2 rings (SSSR count). The van der Waals surface area contributed by atoms with Crippen LogP contribution in [0.15, 0.2) is 0 Å². The minimum absolute atomic E-state index is 0.0136. The van der Waals surface area contributed by atoms with Crippen molar-refractivity contribution in [2.24, 2.45) is 5.92 Å². The van der Waals surface area contributed by atoms with Gasteiger partial charge < -0.3 is 15.3 Å². The van der Waals surface area contributed by atoms with E-state index in [0.717, 1.165) is 32.5 Å². The summed E-state index contributed by atoms with van der Waals surface area (Å²) >= 11 is 0. The average Bonchev–Trinajstić information content (AvgIpc) is 2.61. The van der Waals surface area contributed by atoms with Crippen molar-refractivity contribution in [2.75, 3.05) is 19.6 Å². The second-order valence-corrected chi connectivity index (χ2v) is 4.60. The number of piperidine rings is 1. The molecule has 0 saturated carbocycles. The van der Waals surface area contributed by atoms with Gasteiger partial charge in [-0.3, -0.25) is 9.59 Å². The van der Waals surface area contributed by atoms with E-state index < -0.39 is 5.97 Å². The standard InChI is InChI=1S/C11H18N2O3/c14-10(15)7-8-3-6-13(11(8)16)9-1-4-12-5-2-9/h8-9,12H,1-7H2,(H,14,15). The van der Waals surface area contributed by atoms with Gasteiger partial charge in [-0.2, -0.15) is 0 Å². The molecule has 2 heterocycles. The number of carboxylic acid groups (broad SMARTS) is 1. The summed E-state index contributed by atoms with van der Waals surface area (Å²) in [5.41, 5.74) is 0. The Hall–Kier alpha value is -1.10. The summed E-state index contributed by atoms with van der Waals surface area (Å²) in [4.78, 5) is 24.5. The molecule has 16 heavy (non-hydrogen) atoms. The summed E-state index contributed by atoms with van der Waals surface area (Å²) in [6, 6.07) is 0.326. The molecule has 0 radical (unpaired) electrons. The van der Waals surface area contributed by atoms with Gasteiger partial charge in [0.1, 0.15) is 0 Å². The van der Waals surface area contributed by atoms with E-state index in [4.69, 9.17) is 5.11 Å². The van der Waals surface area contributed by atoms with Gasteiger partial charge in [-0.15, -0.1) is 0 Å². The number of carbonyl (C=O) groups is 2. The lowest BCUT2D eigenvalue weighted by molar-refractivity contribution is -0.142. The van der Waals surface area contributed by atoms with Gasteiger partial charge in [0.15, 0.2) is 0 Å². The van der Waals surface area contributed by atoms with Crippen LogP contribution in [-0.4, -0.2) is 47.6 Å². The second kappa shape index (κ2) is 4.82. The van der Waals surface area contributed by atoms with Gasteiger partial charge in [-0.25, -0.2) is 0 Å². The summed E-state index contributed by atoms with van der Waals surface area (Å²) in [7, 11) is 0. The predicted molar refractivity (Wildman–Crippen MR) is 58.0 cm³/mol. The predicted octanol–water partition coefficient (Wildman–Crippen LogP) is 0.0616. The summed E-state index contributed by atoms with van der Waals surface area (Å²) in [5, 5.41) is 12.0. The SMILES string of the molecule is O=C(O)CC1CCN(C2CCNCC2)C1=O. The highest BCUT2D eigenvalue weighted by molar-refractivity contribution is 5.85. The Morgan fingerprint density at radius 2 is 2.06 bits per heavy atom. The minimum atomic E-state index is -0.870. The molecule has 0 aromatic rings. The van der Waals surface area contributed by atoms with Crippen LogP contribution in [0, 0.1) is 5.92 Å². The Morgan fingerprint density at radius 3 is 2.69 bits per heavy atom. The van der Waals surface area contributed by atoms with Gasteiger partial charge >= 0.3 is 5.97 Å². The van der Waals surface area contributed by atoms with Gasteiger partial charge in [-0.05, 0) is 32.4 Å². The van der Waals surface area contributed by atoms with E-state index in [-0.39, 0.29) is 18.2 Å². The first-order chi connectivity index (χ1) is 7.68. The zero-order chi connectivity index (χ0) is 11.5. The lowest BCUT2D eigenvalue weighted by Gasteiger charge is -2.31. The molecule has 5 heteroatoms. The Bertz CT molecular complexity index is 287. The van der Waals surface area contributed by atoms with Crippen LogP contribution in [-0.2, 0) is 9.59 Å². The summed E-state index contributed by atoms with van der Waals surface area (Å²) in [6.45, 7) is 2.65. The molecule has 2 aliphatic rings. The number of nitrogens with one attached hydrogen (secondary N) is 1. The first-order valence-electron chi connectivity index (χ1n) is 5.91. The number of aliphatic carboxylic acids is 1. The Balaban J connectivity index is 1.92. The lowest BCUT2D eigenvalue weighted by Crippen LogP contribution is -2.44. The van der Waals surface area contributed by atoms with E-state index in [1.54, 1.807) is 0 Å². The topological polar surface area (TPSA) is 69.6 Å². The van der Waals surface area contributed by atoms with Crippen LogP contribution in [0.4, 0.5) is 0 Å². The second-order valence-electron chi connectivity index (χ2n) is 4.60. The zero-order valence-corrected chi connectivity index (χ0v) is 9.32. The first-order valence-corrected chi connectivity index (χ1v) is 5.91. The molecule has 0 bridgehead atoms. The van der Waals surface area contributed by atoms with Crippen LogP contribution in [0.5, 0.6) is 0 Å². The Morgan fingerprint density at radius 1 is 1.38 bits per heavy atom. The number of rotatable bonds is 3. The molecule has 90 valence electrons. The quantitative estimate of drug-likeness (QED) is 0.714. The molecule has 2 aliphatic heterocycles. The number of amides is 1. The largest absolute Gasteiger partial charge is 0.481 e. The number of nitrogens with zero attached hydrogens (tertiary/aromatic N) is 1. The molecule has 2 saturated heterocycles. The van der Waals surface area contributed by atoms with Crippen molar-refractivity contribution in [3.63, 3.8) is 0 Å². The molecule has 1 unspecified atom stereocenters. The van der Waals surface area contributed by atoms with Crippen molar-refractivity contribution in [1.82, 2.24) is 10.2 Å². The summed E-state index contributed by atoms with van der Waals surface area (Å²) in [6.07, 6.45) is 2.67. The van der Waals surface area contributed by atoms with Crippen LogP contribution in [0.3, 0.4) is 0 Å². The van der Waals surface area contributed by atoms with E-state index >= 15 is 0 Å².